The van der Waals surface area contributed by atoms with E-state index in [1.807, 2.05) is 0 Å². The number of rotatable bonds is 2. The van der Waals surface area contributed by atoms with Gasteiger partial charge in [-0.05, 0) is 0 Å². The van der Waals surface area contributed by atoms with Crippen molar-refractivity contribution in [3.63, 3.8) is 0 Å². The summed E-state index contributed by atoms with van der Waals surface area (Å²) in [7, 11) is 1.40. The first-order valence-electron chi connectivity index (χ1n) is 2.86. The third-order valence-electron chi connectivity index (χ3n) is 1.18. The highest BCUT2D eigenvalue weighted by Crippen LogP contribution is 2.36. The Bertz CT molecular complexity index is 249. The number of ether oxygens (including phenoxy) is 1. The van der Waals surface area contributed by atoms with E-state index in [0.29, 0.717) is 10.8 Å². The average molecular weight is 179 g/mol. The van der Waals surface area contributed by atoms with Crippen LogP contribution in [0.3, 0.4) is 0 Å². The fraction of sp³-hybridized carbons (Fsp3) is 0.333. The second kappa shape index (κ2) is 3.04. The van der Waals surface area contributed by atoms with Crippen LogP contribution in [0.15, 0.2) is 6.07 Å². The van der Waals surface area contributed by atoms with Crippen molar-refractivity contribution in [1.29, 1.82) is 0 Å². The Balaban J connectivity index is 2.95. The fourth-order valence-electron chi connectivity index (χ4n) is 0.674. The first-order chi connectivity index (χ1) is 5.15. The van der Waals surface area contributed by atoms with Gasteiger partial charge in [-0.25, -0.2) is 8.78 Å². The fourth-order valence-corrected chi connectivity index (χ4v) is 1.43. The van der Waals surface area contributed by atoms with E-state index in [2.05, 4.69) is 0 Å². The predicted octanol–water partition coefficient (Wildman–Crippen LogP) is 2.28. The van der Waals surface area contributed by atoms with Gasteiger partial charge in [-0.15, -0.1) is 11.3 Å². The van der Waals surface area contributed by atoms with Crippen molar-refractivity contribution in [2.24, 2.45) is 0 Å². The third-order valence-corrected chi connectivity index (χ3v) is 2.13. The van der Waals surface area contributed by atoms with Crippen LogP contribution in [0.25, 0.3) is 0 Å². The molecule has 2 N–H and O–H groups in total. The maximum atomic E-state index is 12.0. The van der Waals surface area contributed by atoms with Crippen LogP contribution in [0, 0.1) is 0 Å². The summed E-state index contributed by atoms with van der Waals surface area (Å²) >= 11 is 0.850. The maximum Gasteiger partial charge on any atom is 0.273 e. The molecule has 0 aliphatic carbocycles. The minimum Gasteiger partial charge on any atom is -0.494 e. The molecule has 0 atom stereocenters. The van der Waals surface area contributed by atoms with Crippen LogP contribution in [-0.4, -0.2) is 7.11 Å². The molecule has 62 valence electrons. The summed E-state index contributed by atoms with van der Waals surface area (Å²) in [4.78, 5) is -0.0562. The molecular weight excluding hydrogens is 172 g/mol. The summed E-state index contributed by atoms with van der Waals surface area (Å²) in [5, 5.41) is 0.294. The summed E-state index contributed by atoms with van der Waals surface area (Å²) < 4.78 is 28.7. The zero-order valence-electron chi connectivity index (χ0n) is 5.80. The van der Waals surface area contributed by atoms with Crippen molar-refractivity contribution in [3.8, 4) is 5.75 Å². The normalized spacial score (nSPS) is 10.5. The molecule has 5 heteroatoms. The third kappa shape index (κ3) is 1.59. The molecule has 0 bridgehead atoms. The topological polar surface area (TPSA) is 35.2 Å². The number of methoxy groups -OCH3 is 1. The Labute approximate surface area is 66.6 Å². The zero-order valence-corrected chi connectivity index (χ0v) is 6.62. The van der Waals surface area contributed by atoms with E-state index in [1.165, 1.54) is 13.2 Å². The largest absolute Gasteiger partial charge is 0.494 e. The molecule has 0 aromatic carbocycles. The highest BCUT2D eigenvalue weighted by atomic mass is 32.1. The van der Waals surface area contributed by atoms with Crippen LogP contribution in [0.2, 0.25) is 0 Å². The van der Waals surface area contributed by atoms with Gasteiger partial charge in [0, 0.05) is 6.07 Å². The molecule has 1 aromatic rings. The Morgan fingerprint density at radius 3 is 2.55 bits per heavy atom. The van der Waals surface area contributed by atoms with Gasteiger partial charge in [0.1, 0.15) is 5.00 Å². The highest BCUT2D eigenvalue weighted by Gasteiger charge is 2.13. The van der Waals surface area contributed by atoms with Gasteiger partial charge in [-0.3, -0.25) is 0 Å². The van der Waals surface area contributed by atoms with Crippen LogP contribution in [0.4, 0.5) is 13.8 Å². The van der Waals surface area contributed by atoms with Crippen LogP contribution in [-0.2, 0) is 0 Å². The van der Waals surface area contributed by atoms with E-state index in [4.69, 9.17) is 10.5 Å². The van der Waals surface area contributed by atoms with Crippen LogP contribution in [0.1, 0.15) is 11.3 Å². The van der Waals surface area contributed by atoms with E-state index < -0.39 is 6.43 Å². The molecular formula is C6H7F2NOS. The molecule has 11 heavy (non-hydrogen) atoms. The molecule has 0 spiro atoms. The standard InChI is InChI=1S/C6H7F2NOS/c1-10-3-2-4(5(7)8)11-6(3)9/h2,5H,9H2,1H3. The number of halogens is 2. The Hall–Kier alpha value is -0.840. The molecule has 0 amide bonds. The number of anilines is 1. The molecule has 0 saturated heterocycles. The van der Waals surface area contributed by atoms with Crippen molar-refractivity contribution >= 4 is 16.3 Å². The lowest BCUT2D eigenvalue weighted by atomic mass is 10.4. The highest BCUT2D eigenvalue weighted by molar-refractivity contribution is 7.16. The lowest BCUT2D eigenvalue weighted by Gasteiger charge is -1.92. The number of hydrogen-bond acceptors (Lipinski definition) is 3. The van der Waals surface area contributed by atoms with Gasteiger partial charge >= 0.3 is 0 Å². The van der Waals surface area contributed by atoms with Gasteiger partial charge < -0.3 is 10.5 Å². The van der Waals surface area contributed by atoms with Gasteiger partial charge in [0.25, 0.3) is 6.43 Å². The molecule has 0 fully saturated rings. The summed E-state index contributed by atoms with van der Waals surface area (Å²) in [5.41, 5.74) is 5.35. The molecule has 0 unspecified atom stereocenters. The van der Waals surface area contributed by atoms with Gasteiger partial charge in [-0.2, -0.15) is 0 Å². The predicted molar refractivity (Wildman–Crippen MR) is 40.2 cm³/mol. The molecule has 1 aromatic heterocycles. The van der Waals surface area contributed by atoms with Crippen LogP contribution >= 0.6 is 11.3 Å². The Morgan fingerprint density at radius 1 is 1.64 bits per heavy atom. The molecule has 0 aliphatic rings. The van der Waals surface area contributed by atoms with Gasteiger partial charge in [0.2, 0.25) is 0 Å². The van der Waals surface area contributed by atoms with Gasteiger partial charge in [-0.1, -0.05) is 0 Å². The monoisotopic (exact) mass is 179 g/mol. The number of hydrogen-bond donors (Lipinski definition) is 1. The first kappa shape index (κ1) is 8.26. The molecule has 1 rings (SSSR count). The van der Waals surface area contributed by atoms with E-state index >= 15 is 0 Å². The van der Waals surface area contributed by atoms with Crippen molar-refractivity contribution in [2.75, 3.05) is 12.8 Å². The Kier molecular flexibility index (Phi) is 2.28. The number of alkyl halides is 2. The SMILES string of the molecule is COc1cc(C(F)F)sc1N. The second-order valence-electron chi connectivity index (χ2n) is 1.88. The Morgan fingerprint density at radius 2 is 2.27 bits per heavy atom. The van der Waals surface area contributed by atoms with Crippen molar-refractivity contribution in [1.82, 2.24) is 0 Å². The molecule has 2 nitrogen and oxygen atoms in total. The van der Waals surface area contributed by atoms with Crippen LogP contribution in [0.5, 0.6) is 5.75 Å². The first-order valence-corrected chi connectivity index (χ1v) is 3.68. The van der Waals surface area contributed by atoms with Gasteiger partial charge in [0.05, 0.1) is 12.0 Å². The van der Waals surface area contributed by atoms with E-state index in [-0.39, 0.29) is 4.88 Å². The number of nitrogen functional groups attached to an aromatic ring is 1. The lowest BCUT2D eigenvalue weighted by Crippen LogP contribution is -1.84. The molecule has 0 aliphatic heterocycles. The van der Waals surface area contributed by atoms with E-state index in [0.717, 1.165) is 11.3 Å². The molecule has 1 heterocycles. The number of thiophene rings is 1. The van der Waals surface area contributed by atoms with Crippen molar-refractivity contribution in [3.05, 3.63) is 10.9 Å². The maximum absolute atomic E-state index is 12.0. The van der Waals surface area contributed by atoms with Crippen molar-refractivity contribution in [2.45, 2.75) is 6.43 Å². The minimum atomic E-state index is -2.47. The molecule has 0 saturated carbocycles. The summed E-state index contributed by atoms with van der Waals surface area (Å²) in [6.45, 7) is 0. The zero-order chi connectivity index (χ0) is 8.43. The van der Waals surface area contributed by atoms with Crippen molar-refractivity contribution < 1.29 is 13.5 Å². The summed E-state index contributed by atoms with van der Waals surface area (Å²) in [6, 6.07) is 1.25. The summed E-state index contributed by atoms with van der Waals surface area (Å²) in [5.74, 6) is 0.324. The summed E-state index contributed by atoms with van der Waals surface area (Å²) in [6.07, 6.45) is -2.47. The minimum absolute atomic E-state index is 0.0562. The average Bonchev–Trinajstić information content (AvgIpc) is 2.31. The second-order valence-corrected chi connectivity index (χ2v) is 3.00. The smallest absolute Gasteiger partial charge is 0.273 e. The molecule has 0 radical (unpaired) electrons. The number of nitrogens with two attached hydrogens (primary N) is 1. The quantitative estimate of drug-likeness (QED) is 0.755. The lowest BCUT2D eigenvalue weighted by molar-refractivity contribution is 0.155. The van der Waals surface area contributed by atoms with Crippen LogP contribution < -0.4 is 10.5 Å². The van der Waals surface area contributed by atoms with E-state index in [1.54, 1.807) is 0 Å². The van der Waals surface area contributed by atoms with Gasteiger partial charge in [0.15, 0.2) is 5.75 Å². The van der Waals surface area contributed by atoms with E-state index in [9.17, 15) is 8.78 Å².